The molecular formula is C61H110O6. The van der Waals surface area contributed by atoms with Crippen molar-refractivity contribution in [1.82, 2.24) is 0 Å². The van der Waals surface area contributed by atoms with Gasteiger partial charge < -0.3 is 14.2 Å². The molecule has 0 radical (unpaired) electrons. The Hall–Kier alpha value is -2.63. The molecule has 67 heavy (non-hydrogen) atoms. The van der Waals surface area contributed by atoms with Crippen molar-refractivity contribution in [2.75, 3.05) is 13.2 Å². The number of hydrogen-bond acceptors (Lipinski definition) is 6. The van der Waals surface area contributed by atoms with Crippen molar-refractivity contribution < 1.29 is 28.6 Å². The summed E-state index contributed by atoms with van der Waals surface area (Å²) in [6, 6.07) is 0. The number of rotatable bonds is 53. The largest absolute Gasteiger partial charge is 0.462 e. The lowest BCUT2D eigenvalue weighted by atomic mass is 10.0. The molecule has 0 rings (SSSR count). The van der Waals surface area contributed by atoms with Gasteiger partial charge in [-0.3, -0.25) is 14.4 Å². The van der Waals surface area contributed by atoms with E-state index >= 15 is 0 Å². The Morgan fingerprint density at radius 3 is 0.925 bits per heavy atom. The minimum absolute atomic E-state index is 0.0785. The molecule has 0 saturated heterocycles. The third kappa shape index (κ3) is 54.2. The molecule has 6 heteroatoms. The van der Waals surface area contributed by atoms with E-state index in [0.717, 1.165) is 96.3 Å². The molecule has 0 heterocycles. The van der Waals surface area contributed by atoms with Crippen LogP contribution in [-0.2, 0) is 28.6 Å². The molecule has 0 aliphatic heterocycles. The third-order valence-electron chi connectivity index (χ3n) is 12.8. The smallest absolute Gasteiger partial charge is 0.306 e. The molecule has 0 aromatic rings. The van der Waals surface area contributed by atoms with Crippen molar-refractivity contribution in [1.29, 1.82) is 0 Å². The van der Waals surface area contributed by atoms with E-state index in [0.29, 0.717) is 19.3 Å². The van der Waals surface area contributed by atoms with Gasteiger partial charge in [-0.25, -0.2) is 0 Å². The lowest BCUT2D eigenvalue weighted by Gasteiger charge is -2.18. The second kappa shape index (κ2) is 56.0. The number of esters is 3. The first-order valence-corrected chi connectivity index (χ1v) is 29.1. The summed E-state index contributed by atoms with van der Waals surface area (Å²) in [6.45, 7) is 6.55. The second-order valence-corrected chi connectivity index (χ2v) is 19.5. The molecule has 0 aromatic carbocycles. The summed E-state index contributed by atoms with van der Waals surface area (Å²) >= 11 is 0. The fourth-order valence-corrected chi connectivity index (χ4v) is 8.45. The van der Waals surface area contributed by atoms with Crippen LogP contribution in [0.25, 0.3) is 0 Å². The maximum Gasteiger partial charge on any atom is 0.306 e. The van der Waals surface area contributed by atoms with E-state index in [2.05, 4.69) is 69.4 Å². The van der Waals surface area contributed by atoms with Gasteiger partial charge in [0, 0.05) is 19.3 Å². The highest BCUT2D eigenvalue weighted by atomic mass is 16.6. The van der Waals surface area contributed by atoms with Crippen LogP contribution in [0.2, 0.25) is 0 Å². The Morgan fingerprint density at radius 1 is 0.313 bits per heavy atom. The minimum atomic E-state index is -0.782. The van der Waals surface area contributed by atoms with Crippen LogP contribution in [0.3, 0.4) is 0 Å². The molecule has 0 aromatic heterocycles. The quantitative estimate of drug-likeness (QED) is 0.0262. The number of unbranched alkanes of at least 4 members (excludes halogenated alkanes) is 34. The zero-order valence-electron chi connectivity index (χ0n) is 44.7. The topological polar surface area (TPSA) is 78.9 Å². The van der Waals surface area contributed by atoms with Crippen LogP contribution in [0.4, 0.5) is 0 Å². The molecule has 0 fully saturated rings. The Labute approximate surface area is 416 Å². The lowest BCUT2D eigenvalue weighted by molar-refractivity contribution is -0.167. The molecule has 0 N–H and O–H groups in total. The van der Waals surface area contributed by atoms with Crippen molar-refractivity contribution in [3.8, 4) is 0 Å². The first-order chi connectivity index (χ1) is 33.0. The van der Waals surface area contributed by atoms with Crippen LogP contribution in [-0.4, -0.2) is 37.2 Å². The summed E-state index contributed by atoms with van der Waals surface area (Å²) in [5.74, 6) is -0.885. The van der Waals surface area contributed by atoms with Crippen LogP contribution in [0.15, 0.2) is 48.6 Å². The Morgan fingerprint density at radius 2 is 0.582 bits per heavy atom. The highest BCUT2D eigenvalue weighted by Crippen LogP contribution is 2.16. The number of carbonyl (C=O) groups is 3. The third-order valence-corrected chi connectivity index (χ3v) is 12.8. The zero-order valence-corrected chi connectivity index (χ0v) is 44.7. The molecule has 6 nitrogen and oxygen atoms in total. The fourth-order valence-electron chi connectivity index (χ4n) is 8.45. The summed E-state index contributed by atoms with van der Waals surface area (Å²) in [7, 11) is 0. The van der Waals surface area contributed by atoms with Gasteiger partial charge in [-0.1, -0.05) is 256 Å². The molecule has 0 spiro atoms. The van der Waals surface area contributed by atoms with Crippen molar-refractivity contribution in [3.05, 3.63) is 48.6 Å². The van der Waals surface area contributed by atoms with Crippen LogP contribution in [0.1, 0.15) is 303 Å². The molecule has 1 atom stereocenters. The van der Waals surface area contributed by atoms with Gasteiger partial charge in [0.2, 0.25) is 0 Å². The highest BCUT2D eigenvalue weighted by Gasteiger charge is 2.19. The zero-order chi connectivity index (χ0) is 48.6. The summed E-state index contributed by atoms with van der Waals surface area (Å²) in [4.78, 5) is 38.2. The number of allylic oxidation sites excluding steroid dienone is 8. The maximum atomic E-state index is 12.8. The fraction of sp³-hybridized carbons (Fsp3) is 0.820. The molecular weight excluding hydrogens is 829 g/mol. The van der Waals surface area contributed by atoms with E-state index in [1.54, 1.807) is 0 Å². The molecule has 0 amide bonds. The Kier molecular flexibility index (Phi) is 53.8. The average Bonchev–Trinajstić information content (AvgIpc) is 3.33. The number of ether oxygens (including phenoxy) is 3. The van der Waals surface area contributed by atoms with Gasteiger partial charge in [0.1, 0.15) is 13.2 Å². The van der Waals surface area contributed by atoms with Crippen molar-refractivity contribution in [2.24, 2.45) is 0 Å². The minimum Gasteiger partial charge on any atom is -0.462 e. The number of hydrogen-bond donors (Lipinski definition) is 0. The van der Waals surface area contributed by atoms with Gasteiger partial charge in [0.05, 0.1) is 0 Å². The van der Waals surface area contributed by atoms with Gasteiger partial charge in [-0.05, 0) is 77.0 Å². The molecule has 0 unspecified atom stereocenters. The van der Waals surface area contributed by atoms with Crippen molar-refractivity contribution in [2.45, 2.75) is 309 Å². The average molecular weight is 940 g/mol. The van der Waals surface area contributed by atoms with Gasteiger partial charge >= 0.3 is 17.9 Å². The Balaban J connectivity index is 4.36. The maximum absolute atomic E-state index is 12.8. The van der Waals surface area contributed by atoms with E-state index < -0.39 is 6.10 Å². The van der Waals surface area contributed by atoms with E-state index in [-0.39, 0.29) is 31.1 Å². The highest BCUT2D eigenvalue weighted by molar-refractivity contribution is 5.71. The van der Waals surface area contributed by atoms with Crippen LogP contribution in [0, 0.1) is 0 Å². The summed E-state index contributed by atoms with van der Waals surface area (Å²) in [5, 5.41) is 0. The molecule has 0 saturated carbocycles. The first kappa shape index (κ1) is 64.4. The first-order valence-electron chi connectivity index (χ1n) is 29.1. The summed E-state index contributed by atoms with van der Waals surface area (Å²) in [6.07, 6.45) is 68.1. The van der Waals surface area contributed by atoms with E-state index in [9.17, 15) is 14.4 Å². The van der Waals surface area contributed by atoms with Crippen LogP contribution < -0.4 is 0 Å². The number of carbonyl (C=O) groups excluding carboxylic acids is 3. The predicted molar refractivity (Wildman–Crippen MR) is 289 cm³/mol. The molecule has 0 aliphatic rings. The van der Waals surface area contributed by atoms with Crippen molar-refractivity contribution >= 4 is 17.9 Å². The van der Waals surface area contributed by atoms with E-state index in [1.807, 2.05) is 0 Å². The van der Waals surface area contributed by atoms with E-state index in [1.165, 1.54) is 167 Å². The summed E-state index contributed by atoms with van der Waals surface area (Å²) < 4.78 is 16.9. The standard InChI is InChI=1S/C61H110O6/c1-4-7-10-13-16-19-22-25-28-29-30-31-34-36-39-42-45-48-51-54-60(63)66-57-58(67-61(64)55-52-49-46-43-40-37-33-27-24-21-18-15-12-9-6-3)56-65-59(62)53-50-47-44-41-38-35-32-26-23-20-17-14-11-8-5-2/h9,12,18,21,27,29-30,33,58H,4-8,10-11,13-17,19-20,22-26,28,31-32,34-57H2,1-3H3/b12-9-,21-18-,30-29-,33-27-/t58-/m1/s1. The van der Waals surface area contributed by atoms with Crippen molar-refractivity contribution in [3.63, 3.8) is 0 Å². The lowest BCUT2D eigenvalue weighted by Crippen LogP contribution is -2.30. The predicted octanol–water partition coefficient (Wildman–Crippen LogP) is 19.4. The van der Waals surface area contributed by atoms with Crippen LogP contribution >= 0.6 is 0 Å². The van der Waals surface area contributed by atoms with Gasteiger partial charge in [-0.15, -0.1) is 0 Å². The normalized spacial score (nSPS) is 12.3. The monoisotopic (exact) mass is 939 g/mol. The molecule has 390 valence electrons. The van der Waals surface area contributed by atoms with Gasteiger partial charge in [0.25, 0.3) is 0 Å². The Bertz CT molecular complexity index is 1170. The van der Waals surface area contributed by atoms with E-state index in [4.69, 9.17) is 14.2 Å². The van der Waals surface area contributed by atoms with Crippen LogP contribution in [0.5, 0.6) is 0 Å². The molecule has 0 aliphatic carbocycles. The SMILES string of the molecule is CC/C=C\C/C=C\C/C=C\CCCCCCCC(=O)O[C@@H](COC(=O)CCCCCCCCC/C=C\CCCCCCCCCC)COC(=O)CCCCCCCCCCCCCCCCC. The summed E-state index contributed by atoms with van der Waals surface area (Å²) in [5.41, 5.74) is 0. The second-order valence-electron chi connectivity index (χ2n) is 19.5. The van der Waals surface area contributed by atoms with Gasteiger partial charge in [0.15, 0.2) is 6.10 Å². The van der Waals surface area contributed by atoms with Gasteiger partial charge in [-0.2, -0.15) is 0 Å². The molecule has 0 bridgehead atoms.